The molecule has 0 saturated heterocycles. The highest BCUT2D eigenvalue weighted by atomic mass is 16.5. The fraction of sp³-hybridized carbons (Fsp3) is 0.769. The Kier molecular flexibility index (Phi) is 2.85. The molecule has 15 heavy (non-hydrogen) atoms. The first-order valence-corrected chi connectivity index (χ1v) is 5.97. The number of carbonyl (C=O) groups is 1. The molecule has 84 valence electrons. The topological polar surface area (TPSA) is 26.3 Å². The highest BCUT2D eigenvalue weighted by Crippen LogP contribution is 2.47. The van der Waals surface area contributed by atoms with E-state index in [4.69, 9.17) is 4.74 Å². The lowest BCUT2D eigenvalue weighted by Crippen LogP contribution is -2.33. The number of ether oxygens (including phenoxy) is 1. The molecule has 0 aliphatic heterocycles. The van der Waals surface area contributed by atoms with E-state index in [0.717, 1.165) is 12.8 Å². The van der Waals surface area contributed by atoms with E-state index < -0.39 is 0 Å². The highest BCUT2D eigenvalue weighted by molar-refractivity contribution is 5.66. The number of carbonyl (C=O) groups excluding carboxylic acids is 1. The molecule has 0 N–H and O–H groups in total. The van der Waals surface area contributed by atoms with Gasteiger partial charge in [0.2, 0.25) is 0 Å². The first kappa shape index (κ1) is 10.7. The Morgan fingerprint density at radius 2 is 2.33 bits per heavy atom. The number of esters is 1. The molecule has 0 radical (unpaired) electrons. The maximum Gasteiger partial charge on any atom is 0.302 e. The predicted molar refractivity (Wildman–Crippen MR) is 59.4 cm³/mol. The van der Waals surface area contributed by atoms with E-state index in [1.54, 1.807) is 0 Å². The van der Waals surface area contributed by atoms with Crippen molar-refractivity contribution in [2.45, 2.75) is 58.5 Å². The quantitative estimate of drug-likeness (QED) is 0.488. The van der Waals surface area contributed by atoms with Crippen LogP contribution in [0.3, 0.4) is 0 Å². The number of fused-ring (bicyclic) bond motifs is 1. The number of allylic oxidation sites excluding steroid dienone is 1. The summed E-state index contributed by atoms with van der Waals surface area (Å²) >= 11 is 0. The van der Waals surface area contributed by atoms with Crippen LogP contribution in [0.2, 0.25) is 0 Å². The van der Waals surface area contributed by atoms with Gasteiger partial charge in [-0.2, -0.15) is 0 Å². The van der Waals surface area contributed by atoms with Crippen molar-refractivity contribution >= 4 is 5.97 Å². The van der Waals surface area contributed by atoms with E-state index in [1.165, 1.54) is 38.2 Å². The molecule has 2 nitrogen and oxygen atoms in total. The molecule has 0 spiro atoms. The zero-order valence-corrected chi connectivity index (χ0v) is 9.71. The second-order valence-corrected chi connectivity index (χ2v) is 5.16. The molecule has 0 aromatic carbocycles. The molecular weight excluding hydrogens is 188 g/mol. The third kappa shape index (κ3) is 2.24. The van der Waals surface area contributed by atoms with Crippen LogP contribution in [0.15, 0.2) is 11.6 Å². The standard InChI is InChI=1S/C13H20O2/c1-10(14)15-12-6-8-13(2)7-4-3-5-11(13)9-12/h5,12H,3-4,6-9H2,1-2H3. The molecule has 2 rings (SSSR count). The van der Waals surface area contributed by atoms with E-state index >= 15 is 0 Å². The summed E-state index contributed by atoms with van der Waals surface area (Å²) in [5.41, 5.74) is 1.95. The van der Waals surface area contributed by atoms with Crippen LogP contribution in [0.4, 0.5) is 0 Å². The predicted octanol–water partition coefficient (Wildman–Crippen LogP) is 3.22. The Bertz CT molecular complexity index is 293. The van der Waals surface area contributed by atoms with Crippen molar-refractivity contribution in [1.82, 2.24) is 0 Å². The molecule has 2 heteroatoms. The fourth-order valence-corrected chi connectivity index (χ4v) is 2.95. The van der Waals surface area contributed by atoms with Crippen LogP contribution in [0.1, 0.15) is 52.4 Å². The van der Waals surface area contributed by atoms with Gasteiger partial charge in [0, 0.05) is 13.3 Å². The molecule has 1 fully saturated rings. The maximum atomic E-state index is 10.9. The van der Waals surface area contributed by atoms with Gasteiger partial charge in [0.05, 0.1) is 0 Å². The van der Waals surface area contributed by atoms with Crippen LogP contribution in [0.5, 0.6) is 0 Å². The van der Waals surface area contributed by atoms with E-state index in [2.05, 4.69) is 13.0 Å². The minimum atomic E-state index is -0.139. The summed E-state index contributed by atoms with van der Waals surface area (Å²) in [6.45, 7) is 3.87. The molecule has 2 atom stereocenters. The van der Waals surface area contributed by atoms with Crippen LogP contribution in [0, 0.1) is 5.41 Å². The Balaban J connectivity index is 2.04. The smallest absolute Gasteiger partial charge is 0.302 e. The van der Waals surface area contributed by atoms with E-state index in [1.807, 2.05) is 0 Å². The molecular formula is C13H20O2. The Labute approximate surface area is 91.7 Å². The zero-order chi connectivity index (χ0) is 10.9. The molecule has 0 bridgehead atoms. The van der Waals surface area contributed by atoms with Crippen molar-refractivity contribution in [2.24, 2.45) is 5.41 Å². The Hall–Kier alpha value is -0.790. The minimum absolute atomic E-state index is 0.139. The van der Waals surface area contributed by atoms with Gasteiger partial charge in [-0.25, -0.2) is 0 Å². The van der Waals surface area contributed by atoms with Crippen molar-refractivity contribution in [3.8, 4) is 0 Å². The van der Waals surface area contributed by atoms with Gasteiger partial charge in [-0.1, -0.05) is 18.6 Å². The van der Waals surface area contributed by atoms with Crippen molar-refractivity contribution in [1.29, 1.82) is 0 Å². The molecule has 2 aliphatic carbocycles. The highest BCUT2D eigenvalue weighted by Gasteiger charge is 2.37. The zero-order valence-electron chi connectivity index (χ0n) is 9.71. The molecule has 0 aromatic rings. The SMILES string of the molecule is CC(=O)OC1CCC2(C)CCCC=C2C1. The number of hydrogen-bond acceptors (Lipinski definition) is 2. The van der Waals surface area contributed by atoms with Crippen molar-refractivity contribution < 1.29 is 9.53 Å². The number of rotatable bonds is 1. The van der Waals surface area contributed by atoms with Crippen molar-refractivity contribution in [3.63, 3.8) is 0 Å². The van der Waals surface area contributed by atoms with Gasteiger partial charge in [-0.05, 0) is 37.5 Å². The lowest BCUT2D eigenvalue weighted by atomic mass is 9.65. The van der Waals surface area contributed by atoms with Crippen molar-refractivity contribution in [2.75, 3.05) is 0 Å². The monoisotopic (exact) mass is 208 g/mol. The van der Waals surface area contributed by atoms with E-state index in [0.29, 0.717) is 5.41 Å². The van der Waals surface area contributed by atoms with Gasteiger partial charge in [-0.3, -0.25) is 4.79 Å². The Morgan fingerprint density at radius 1 is 1.53 bits per heavy atom. The van der Waals surface area contributed by atoms with Crippen LogP contribution in [0.25, 0.3) is 0 Å². The molecule has 0 heterocycles. The van der Waals surface area contributed by atoms with Gasteiger partial charge >= 0.3 is 5.97 Å². The van der Waals surface area contributed by atoms with Gasteiger partial charge in [0.1, 0.15) is 6.10 Å². The first-order valence-electron chi connectivity index (χ1n) is 5.97. The Morgan fingerprint density at radius 3 is 3.07 bits per heavy atom. The summed E-state index contributed by atoms with van der Waals surface area (Å²) in [7, 11) is 0. The summed E-state index contributed by atoms with van der Waals surface area (Å²) in [6, 6.07) is 0. The van der Waals surface area contributed by atoms with Crippen LogP contribution in [-0.2, 0) is 9.53 Å². The summed E-state index contributed by atoms with van der Waals surface area (Å²) in [4.78, 5) is 10.9. The maximum absolute atomic E-state index is 10.9. The lowest BCUT2D eigenvalue weighted by Gasteiger charge is -2.42. The second-order valence-electron chi connectivity index (χ2n) is 5.16. The molecule has 2 aliphatic rings. The largest absolute Gasteiger partial charge is 0.462 e. The van der Waals surface area contributed by atoms with Gasteiger partial charge in [0.25, 0.3) is 0 Å². The van der Waals surface area contributed by atoms with Crippen molar-refractivity contribution in [3.05, 3.63) is 11.6 Å². The fourth-order valence-electron chi connectivity index (χ4n) is 2.95. The summed E-state index contributed by atoms with van der Waals surface area (Å²) in [5, 5.41) is 0. The third-order valence-corrected chi connectivity index (χ3v) is 3.90. The van der Waals surface area contributed by atoms with Gasteiger partial charge < -0.3 is 4.74 Å². The molecule has 1 saturated carbocycles. The van der Waals surface area contributed by atoms with E-state index in [-0.39, 0.29) is 12.1 Å². The second kappa shape index (κ2) is 3.99. The van der Waals surface area contributed by atoms with Gasteiger partial charge in [-0.15, -0.1) is 0 Å². The minimum Gasteiger partial charge on any atom is -0.462 e. The molecule has 0 aromatic heterocycles. The summed E-state index contributed by atoms with van der Waals surface area (Å²) < 4.78 is 5.31. The summed E-state index contributed by atoms with van der Waals surface area (Å²) in [5.74, 6) is -0.139. The van der Waals surface area contributed by atoms with E-state index in [9.17, 15) is 4.79 Å². The van der Waals surface area contributed by atoms with Crippen LogP contribution in [-0.4, -0.2) is 12.1 Å². The van der Waals surface area contributed by atoms with Crippen LogP contribution >= 0.6 is 0 Å². The van der Waals surface area contributed by atoms with Gasteiger partial charge in [0.15, 0.2) is 0 Å². The third-order valence-electron chi connectivity index (χ3n) is 3.90. The first-order chi connectivity index (χ1) is 7.10. The average molecular weight is 208 g/mol. The van der Waals surface area contributed by atoms with Crippen LogP contribution < -0.4 is 0 Å². The normalized spacial score (nSPS) is 35.3. The summed E-state index contributed by atoms with van der Waals surface area (Å²) in [6.07, 6.45) is 9.53. The molecule has 0 amide bonds. The number of hydrogen-bond donors (Lipinski definition) is 0. The average Bonchev–Trinajstić information content (AvgIpc) is 2.17. The lowest BCUT2D eigenvalue weighted by molar-refractivity contribution is -0.147. The molecule has 2 unspecified atom stereocenters.